The van der Waals surface area contributed by atoms with E-state index in [1.165, 1.54) is 19.2 Å². The first-order valence-electron chi connectivity index (χ1n) is 8.99. The first-order valence-corrected chi connectivity index (χ1v) is 8.99. The van der Waals surface area contributed by atoms with Gasteiger partial charge in [0.15, 0.2) is 5.60 Å². The van der Waals surface area contributed by atoms with Gasteiger partial charge in [-0.05, 0) is 37.8 Å². The number of unbranched alkanes of at least 4 members (excludes halogenated alkanes) is 1. The zero-order chi connectivity index (χ0) is 19.4. The molecule has 146 valence electrons. The summed E-state index contributed by atoms with van der Waals surface area (Å²) in [7, 11) is 1.30. The van der Waals surface area contributed by atoms with Crippen LogP contribution in [0.2, 0.25) is 0 Å². The van der Waals surface area contributed by atoms with Crippen LogP contribution in [-0.4, -0.2) is 42.7 Å². The minimum absolute atomic E-state index is 0.0000926. The van der Waals surface area contributed by atoms with Crippen LogP contribution in [0.3, 0.4) is 0 Å². The van der Waals surface area contributed by atoms with Crippen LogP contribution >= 0.6 is 0 Å². The molecule has 1 heterocycles. The van der Waals surface area contributed by atoms with Gasteiger partial charge in [0.2, 0.25) is 0 Å². The molecule has 0 bridgehead atoms. The number of halogens is 3. The molecule has 0 radical (unpaired) electrons. The first-order chi connectivity index (χ1) is 12.2. The van der Waals surface area contributed by atoms with E-state index in [0.717, 1.165) is 25.9 Å². The van der Waals surface area contributed by atoms with Crippen molar-refractivity contribution in [3.05, 3.63) is 23.3 Å². The third-order valence-corrected chi connectivity index (χ3v) is 4.83. The van der Waals surface area contributed by atoms with Crippen LogP contribution in [0.1, 0.15) is 50.2 Å². The molecule has 7 heteroatoms. The summed E-state index contributed by atoms with van der Waals surface area (Å²) in [5.41, 5.74) is -2.08. The van der Waals surface area contributed by atoms with Crippen molar-refractivity contribution in [2.45, 2.75) is 57.7 Å². The average molecular weight is 372 g/mol. The van der Waals surface area contributed by atoms with Crippen molar-refractivity contribution in [1.82, 2.24) is 4.90 Å². The van der Waals surface area contributed by atoms with Crippen molar-refractivity contribution < 1.29 is 23.0 Å². The van der Waals surface area contributed by atoms with Crippen LogP contribution in [-0.2, 0) is 5.60 Å². The SMILES string of the molecule is CCCCC(O)(c1cc(C)c(N=CN2CCCC2)cc1OC)C(F)(F)F. The molecule has 4 nitrogen and oxygen atoms in total. The van der Waals surface area contributed by atoms with E-state index in [1.807, 2.05) is 0 Å². The highest BCUT2D eigenvalue weighted by Crippen LogP contribution is 2.47. The highest BCUT2D eigenvalue weighted by molar-refractivity contribution is 5.65. The van der Waals surface area contributed by atoms with Crippen LogP contribution < -0.4 is 4.74 Å². The van der Waals surface area contributed by atoms with Crippen molar-refractivity contribution in [3.8, 4) is 5.75 Å². The quantitative estimate of drug-likeness (QED) is 0.557. The van der Waals surface area contributed by atoms with Crippen molar-refractivity contribution in [1.29, 1.82) is 0 Å². The Morgan fingerprint density at radius 3 is 2.46 bits per heavy atom. The number of likely N-dealkylation sites (tertiary alicyclic amines) is 1. The molecule has 1 aliphatic rings. The van der Waals surface area contributed by atoms with Crippen molar-refractivity contribution in [2.75, 3.05) is 20.2 Å². The van der Waals surface area contributed by atoms with Crippen LogP contribution in [0, 0.1) is 6.92 Å². The molecular formula is C19H27F3N2O2. The molecule has 1 aromatic rings. The second-order valence-corrected chi connectivity index (χ2v) is 6.79. The summed E-state index contributed by atoms with van der Waals surface area (Å²) >= 11 is 0. The Labute approximate surface area is 152 Å². The van der Waals surface area contributed by atoms with Gasteiger partial charge in [-0.3, -0.25) is 0 Å². The Morgan fingerprint density at radius 2 is 1.92 bits per heavy atom. The van der Waals surface area contributed by atoms with E-state index >= 15 is 0 Å². The Balaban J connectivity index is 2.43. The average Bonchev–Trinajstić information content (AvgIpc) is 3.10. The largest absolute Gasteiger partial charge is 0.496 e. The molecule has 0 amide bonds. The van der Waals surface area contributed by atoms with Gasteiger partial charge >= 0.3 is 6.18 Å². The van der Waals surface area contributed by atoms with E-state index in [0.29, 0.717) is 17.7 Å². The summed E-state index contributed by atoms with van der Waals surface area (Å²) in [4.78, 5) is 6.48. The maximum Gasteiger partial charge on any atom is 0.421 e. The van der Waals surface area contributed by atoms with Crippen LogP contribution in [0.5, 0.6) is 5.75 Å². The molecule has 1 atom stereocenters. The number of nitrogens with zero attached hydrogens (tertiary/aromatic N) is 2. The predicted octanol–water partition coefficient (Wildman–Crippen LogP) is 4.70. The topological polar surface area (TPSA) is 45.1 Å². The number of aryl methyl sites for hydroxylation is 1. The number of alkyl halides is 3. The summed E-state index contributed by atoms with van der Waals surface area (Å²) in [6.07, 6.45) is -0.430. The molecule has 1 aromatic carbocycles. The normalized spacial score (nSPS) is 17.7. The van der Waals surface area contributed by atoms with E-state index in [1.54, 1.807) is 20.2 Å². The van der Waals surface area contributed by atoms with E-state index in [4.69, 9.17) is 4.74 Å². The highest BCUT2D eigenvalue weighted by atomic mass is 19.4. The van der Waals surface area contributed by atoms with Crippen LogP contribution in [0.4, 0.5) is 18.9 Å². The summed E-state index contributed by atoms with van der Waals surface area (Å²) in [6.45, 7) is 5.34. The standard InChI is InChI=1S/C19H27F3N2O2/c1-4-5-8-18(25,19(20,21)22)15-11-14(2)16(12-17(15)26-3)23-13-24-9-6-7-10-24/h11-13,25H,4-10H2,1-3H3. The Morgan fingerprint density at radius 1 is 1.27 bits per heavy atom. The molecule has 2 rings (SSSR count). The zero-order valence-corrected chi connectivity index (χ0v) is 15.6. The van der Waals surface area contributed by atoms with E-state index in [-0.39, 0.29) is 17.7 Å². The summed E-state index contributed by atoms with van der Waals surface area (Å²) < 4.78 is 46.2. The molecule has 1 unspecified atom stereocenters. The minimum Gasteiger partial charge on any atom is -0.496 e. The third kappa shape index (κ3) is 4.31. The van der Waals surface area contributed by atoms with Gasteiger partial charge in [-0.25, -0.2) is 4.99 Å². The van der Waals surface area contributed by atoms with Crippen LogP contribution in [0.25, 0.3) is 0 Å². The first kappa shape index (κ1) is 20.6. The lowest BCUT2D eigenvalue weighted by atomic mass is 9.86. The third-order valence-electron chi connectivity index (χ3n) is 4.83. The molecule has 0 aromatic heterocycles. The zero-order valence-electron chi connectivity index (χ0n) is 15.6. The number of rotatable bonds is 7. The molecular weight excluding hydrogens is 345 g/mol. The molecule has 26 heavy (non-hydrogen) atoms. The fourth-order valence-corrected chi connectivity index (χ4v) is 3.17. The van der Waals surface area contributed by atoms with Crippen molar-refractivity contribution in [3.63, 3.8) is 0 Å². The maximum atomic E-state index is 13.7. The second kappa shape index (κ2) is 8.29. The van der Waals surface area contributed by atoms with Gasteiger partial charge in [0.25, 0.3) is 0 Å². The van der Waals surface area contributed by atoms with Crippen LogP contribution in [0.15, 0.2) is 17.1 Å². The smallest absolute Gasteiger partial charge is 0.421 e. The summed E-state index contributed by atoms with van der Waals surface area (Å²) in [6, 6.07) is 2.82. The molecule has 1 N–H and O–H groups in total. The van der Waals surface area contributed by atoms with Gasteiger partial charge in [0, 0.05) is 24.7 Å². The second-order valence-electron chi connectivity index (χ2n) is 6.79. The number of hydrogen-bond acceptors (Lipinski definition) is 3. The number of methoxy groups -OCH3 is 1. The van der Waals surface area contributed by atoms with Gasteiger partial charge in [-0.2, -0.15) is 13.2 Å². The van der Waals surface area contributed by atoms with Gasteiger partial charge in [-0.15, -0.1) is 0 Å². The van der Waals surface area contributed by atoms with E-state index < -0.39 is 18.2 Å². The number of aliphatic imine (C=N–C) groups is 1. The summed E-state index contributed by atoms with van der Waals surface area (Å²) in [5.74, 6) is 0.0000926. The Bertz CT molecular complexity index is 640. The molecule has 0 aliphatic carbocycles. The van der Waals surface area contributed by atoms with Crippen molar-refractivity contribution in [2.24, 2.45) is 4.99 Å². The fraction of sp³-hybridized carbons (Fsp3) is 0.632. The van der Waals surface area contributed by atoms with Gasteiger partial charge in [0.05, 0.1) is 19.1 Å². The highest BCUT2D eigenvalue weighted by Gasteiger charge is 2.55. The van der Waals surface area contributed by atoms with Gasteiger partial charge in [-0.1, -0.05) is 19.8 Å². The molecule has 1 fully saturated rings. The number of aliphatic hydroxyl groups is 1. The van der Waals surface area contributed by atoms with Gasteiger partial charge < -0.3 is 14.7 Å². The fourth-order valence-electron chi connectivity index (χ4n) is 3.17. The molecule has 0 spiro atoms. The number of hydrogen-bond donors (Lipinski definition) is 1. The predicted molar refractivity (Wildman–Crippen MR) is 96.2 cm³/mol. The lowest BCUT2D eigenvalue weighted by Gasteiger charge is -2.32. The summed E-state index contributed by atoms with van der Waals surface area (Å²) in [5, 5.41) is 10.5. The molecule has 1 aliphatic heterocycles. The Kier molecular flexibility index (Phi) is 6.55. The molecule has 1 saturated heterocycles. The minimum atomic E-state index is -4.79. The maximum absolute atomic E-state index is 13.7. The Hall–Kier alpha value is -1.76. The van der Waals surface area contributed by atoms with E-state index in [2.05, 4.69) is 9.89 Å². The monoisotopic (exact) mass is 372 g/mol. The number of ether oxygens (including phenoxy) is 1. The van der Waals surface area contributed by atoms with Gasteiger partial charge in [0.1, 0.15) is 5.75 Å². The molecule has 0 saturated carbocycles. The lowest BCUT2D eigenvalue weighted by Crippen LogP contribution is -2.42. The van der Waals surface area contributed by atoms with Crippen molar-refractivity contribution >= 4 is 12.0 Å². The lowest BCUT2D eigenvalue weighted by molar-refractivity contribution is -0.270. The van der Waals surface area contributed by atoms with E-state index in [9.17, 15) is 18.3 Å². The number of benzene rings is 1.